The van der Waals surface area contributed by atoms with Crippen molar-refractivity contribution >= 4 is 27.5 Å². The van der Waals surface area contributed by atoms with Gasteiger partial charge in [-0.3, -0.25) is 4.79 Å². The predicted octanol–water partition coefficient (Wildman–Crippen LogP) is 3.11. The molecule has 0 aliphatic heterocycles. The second kappa shape index (κ2) is 6.58. The Hall–Kier alpha value is -2.08. The Morgan fingerprint density at radius 2 is 2.10 bits per heavy atom. The van der Waals surface area contributed by atoms with Crippen LogP contribution in [0.25, 0.3) is 0 Å². The van der Waals surface area contributed by atoms with E-state index in [-0.39, 0.29) is 10.4 Å². The molecule has 0 aromatic heterocycles. The van der Waals surface area contributed by atoms with Gasteiger partial charge >= 0.3 is 0 Å². The number of anilines is 1. The molecule has 0 saturated heterocycles. The summed E-state index contributed by atoms with van der Waals surface area (Å²) in [4.78, 5) is 12.0. The van der Waals surface area contributed by atoms with Crippen LogP contribution < -0.4 is 15.8 Å². The SMILES string of the molecule is COc1ccc(CNC(=O)c2ccc(F)c(Br)c2)cc1N. The Labute approximate surface area is 130 Å². The lowest BCUT2D eigenvalue weighted by Gasteiger charge is -2.09. The van der Waals surface area contributed by atoms with Crippen molar-refractivity contribution in [3.05, 3.63) is 57.8 Å². The average Bonchev–Trinajstić information content (AvgIpc) is 2.47. The van der Waals surface area contributed by atoms with Crippen molar-refractivity contribution in [2.45, 2.75) is 6.54 Å². The number of hydrogen-bond donors (Lipinski definition) is 2. The van der Waals surface area contributed by atoms with Crippen LogP contribution in [0.5, 0.6) is 5.75 Å². The van der Waals surface area contributed by atoms with Gasteiger partial charge in [-0.25, -0.2) is 4.39 Å². The maximum Gasteiger partial charge on any atom is 0.251 e. The minimum absolute atomic E-state index is 0.254. The van der Waals surface area contributed by atoms with Gasteiger partial charge in [0, 0.05) is 12.1 Å². The van der Waals surface area contributed by atoms with Crippen molar-refractivity contribution in [3.8, 4) is 5.75 Å². The Morgan fingerprint density at radius 1 is 1.33 bits per heavy atom. The number of ether oxygens (including phenoxy) is 1. The molecule has 2 aromatic carbocycles. The number of nitrogen functional groups attached to an aromatic ring is 1. The highest BCUT2D eigenvalue weighted by Gasteiger charge is 2.09. The van der Waals surface area contributed by atoms with Crippen molar-refractivity contribution in [3.63, 3.8) is 0 Å². The van der Waals surface area contributed by atoms with E-state index in [1.807, 2.05) is 6.07 Å². The highest BCUT2D eigenvalue weighted by Crippen LogP contribution is 2.22. The van der Waals surface area contributed by atoms with Crippen molar-refractivity contribution in [2.24, 2.45) is 0 Å². The number of carbonyl (C=O) groups excluding carboxylic acids is 1. The van der Waals surface area contributed by atoms with E-state index in [1.165, 1.54) is 18.2 Å². The average molecular weight is 353 g/mol. The fourth-order valence-corrected chi connectivity index (χ4v) is 2.19. The molecule has 0 saturated carbocycles. The van der Waals surface area contributed by atoms with Crippen molar-refractivity contribution in [1.29, 1.82) is 0 Å². The lowest BCUT2D eigenvalue weighted by Crippen LogP contribution is -2.22. The monoisotopic (exact) mass is 352 g/mol. The summed E-state index contributed by atoms with van der Waals surface area (Å²) in [6, 6.07) is 9.40. The number of carbonyl (C=O) groups is 1. The van der Waals surface area contributed by atoms with Crippen LogP contribution in [0.2, 0.25) is 0 Å². The van der Waals surface area contributed by atoms with E-state index >= 15 is 0 Å². The highest BCUT2D eigenvalue weighted by molar-refractivity contribution is 9.10. The van der Waals surface area contributed by atoms with Crippen LogP contribution in [-0.4, -0.2) is 13.0 Å². The van der Waals surface area contributed by atoms with Crippen LogP contribution >= 0.6 is 15.9 Å². The van der Waals surface area contributed by atoms with E-state index < -0.39 is 5.82 Å². The van der Waals surface area contributed by atoms with Gasteiger partial charge < -0.3 is 15.8 Å². The number of nitrogens with one attached hydrogen (secondary N) is 1. The number of halogens is 2. The third-order valence-electron chi connectivity index (χ3n) is 2.93. The number of methoxy groups -OCH3 is 1. The fourth-order valence-electron chi connectivity index (χ4n) is 1.82. The summed E-state index contributed by atoms with van der Waals surface area (Å²) >= 11 is 3.05. The Morgan fingerprint density at radius 3 is 2.71 bits per heavy atom. The van der Waals surface area contributed by atoms with E-state index in [0.717, 1.165) is 5.56 Å². The third kappa shape index (κ3) is 3.72. The minimum Gasteiger partial charge on any atom is -0.495 e. The van der Waals surface area contributed by atoms with Gasteiger partial charge in [-0.15, -0.1) is 0 Å². The van der Waals surface area contributed by atoms with Gasteiger partial charge in [-0.2, -0.15) is 0 Å². The normalized spacial score (nSPS) is 10.2. The first-order valence-electron chi connectivity index (χ1n) is 6.17. The van der Waals surface area contributed by atoms with Gasteiger partial charge in [0.25, 0.3) is 5.91 Å². The molecule has 1 amide bonds. The quantitative estimate of drug-likeness (QED) is 0.831. The van der Waals surface area contributed by atoms with Gasteiger partial charge in [0.1, 0.15) is 11.6 Å². The van der Waals surface area contributed by atoms with Crippen LogP contribution in [0.4, 0.5) is 10.1 Å². The molecule has 2 rings (SSSR count). The van der Waals surface area contributed by atoms with Gasteiger partial charge in [0.05, 0.1) is 17.3 Å². The number of nitrogens with two attached hydrogens (primary N) is 1. The molecule has 21 heavy (non-hydrogen) atoms. The van der Waals surface area contributed by atoms with Crippen LogP contribution in [0, 0.1) is 5.82 Å². The van der Waals surface area contributed by atoms with Gasteiger partial charge in [0.2, 0.25) is 0 Å². The molecule has 0 radical (unpaired) electrons. The molecule has 110 valence electrons. The molecule has 4 nitrogen and oxygen atoms in total. The summed E-state index contributed by atoms with van der Waals surface area (Å²) in [5, 5.41) is 2.75. The second-order valence-corrected chi connectivity index (χ2v) is 5.24. The Balaban J connectivity index is 2.03. The maximum atomic E-state index is 13.1. The Kier molecular flexibility index (Phi) is 4.80. The molecule has 0 spiro atoms. The molecule has 0 heterocycles. The van der Waals surface area contributed by atoms with E-state index in [4.69, 9.17) is 10.5 Å². The van der Waals surface area contributed by atoms with E-state index in [0.29, 0.717) is 23.5 Å². The highest BCUT2D eigenvalue weighted by atomic mass is 79.9. The van der Waals surface area contributed by atoms with Gasteiger partial charge in [-0.1, -0.05) is 6.07 Å². The number of benzene rings is 2. The van der Waals surface area contributed by atoms with Crippen LogP contribution in [0.15, 0.2) is 40.9 Å². The van der Waals surface area contributed by atoms with Crippen LogP contribution in [0.1, 0.15) is 15.9 Å². The summed E-state index contributed by atoms with van der Waals surface area (Å²) in [6.07, 6.45) is 0. The second-order valence-electron chi connectivity index (χ2n) is 4.39. The first kappa shape index (κ1) is 15.3. The lowest BCUT2D eigenvalue weighted by atomic mass is 10.1. The molecule has 0 unspecified atom stereocenters. The molecule has 6 heteroatoms. The molecular formula is C15H14BrFN2O2. The molecule has 3 N–H and O–H groups in total. The van der Waals surface area contributed by atoms with Gasteiger partial charge in [0.15, 0.2) is 0 Å². The number of amides is 1. The molecule has 0 bridgehead atoms. The number of hydrogen-bond acceptors (Lipinski definition) is 3. The van der Waals surface area contributed by atoms with E-state index in [2.05, 4.69) is 21.2 Å². The minimum atomic E-state index is -0.408. The summed E-state index contributed by atoms with van der Waals surface area (Å²) in [7, 11) is 1.54. The summed E-state index contributed by atoms with van der Waals surface area (Å²) in [5.74, 6) is -0.105. The van der Waals surface area contributed by atoms with E-state index in [1.54, 1.807) is 19.2 Å². The zero-order chi connectivity index (χ0) is 15.4. The first-order valence-corrected chi connectivity index (χ1v) is 6.96. The Bertz CT molecular complexity index is 677. The molecule has 2 aromatic rings. The standard InChI is InChI=1S/C15H14BrFN2O2/c1-21-14-5-2-9(6-13(14)18)8-19-15(20)10-3-4-12(17)11(16)7-10/h2-7H,8,18H2,1H3,(H,19,20). The predicted molar refractivity (Wildman–Crippen MR) is 82.7 cm³/mol. The third-order valence-corrected chi connectivity index (χ3v) is 3.54. The van der Waals surface area contributed by atoms with Crippen molar-refractivity contribution in [2.75, 3.05) is 12.8 Å². The summed E-state index contributed by atoms with van der Waals surface area (Å²) in [5.41, 5.74) is 7.54. The molecule has 0 aliphatic rings. The van der Waals surface area contributed by atoms with Gasteiger partial charge in [-0.05, 0) is 51.8 Å². The summed E-state index contributed by atoms with van der Waals surface area (Å²) < 4.78 is 18.4. The number of rotatable bonds is 4. The molecule has 0 atom stereocenters. The lowest BCUT2D eigenvalue weighted by molar-refractivity contribution is 0.0951. The molecule has 0 aliphatic carbocycles. The fraction of sp³-hybridized carbons (Fsp3) is 0.133. The summed E-state index contributed by atoms with van der Waals surface area (Å²) in [6.45, 7) is 0.321. The zero-order valence-electron chi connectivity index (χ0n) is 11.3. The first-order chi connectivity index (χ1) is 10.0. The van der Waals surface area contributed by atoms with Crippen LogP contribution in [0.3, 0.4) is 0 Å². The zero-order valence-corrected chi connectivity index (χ0v) is 12.9. The molecular weight excluding hydrogens is 339 g/mol. The van der Waals surface area contributed by atoms with E-state index in [9.17, 15) is 9.18 Å². The topological polar surface area (TPSA) is 64.3 Å². The van der Waals surface area contributed by atoms with Crippen LogP contribution in [-0.2, 0) is 6.54 Å². The molecule has 0 fully saturated rings. The van der Waals surface area contributed by atoms with Crippen molar-refractivity contribution < 1.29 is 13.9 Å². The smallest absolute Gasteiger partial charge is 0.251 e. The van der Waals surface area contributed by atoms with Crippen molar-refractivity contribution in [1.82, 2.24) is 5.32 Å². The maximum absolute atomic E-state index is 13.1. The largest absolute Gasteiger partial charge is 0.495 e.